The minimum Gasteiger partial charge on any atom is -0.481 e. The van der Waals surface area contributed by atoms with E-state index in [9.17, 15) is 9.18 Å². The van der Waals surface area contributed by atoms with Gasteiger partial charge in [0.25, 0.3) is 0 Å². The Morgan fingerprint density at radius 2 is 2.06 bits per heavy atom. The minimum absolute atomic E-state index is 0.360. The van der Waals surface area contributed by atoms with Crippen molar-refractivity contribution in [3.63, 3.8) is 0 Å². The van der Waals surface area contributed by atoms with E-state index in [1.807, 2.05) is 0 Å². The summed E-state index contributed by atoms with van der Waals surface area (Å²) < 4.78 is 14.2. The fraction of sp³-hybridized carbons (Fsp3) is 0.182. The predicted molar refractivity (Wildman–Crippen MR) is 57.4 cm³/mol. The van der Waals surface area contributed by atoms with Crippen molar-refractivity contribution in [3.8, 4) is 5.69 Å². The fourth-order valence-electron chi connectivity index (χ4n) is 1.45. The van der Waals surface area contributed by atoms with Crippen molar-refractivity contribution in [2.75, 3.05) is 0 Å². The number of benzene rings is 1. The largest absolute Gasteiger partial charge is 0.481 e. The number of hydrogen-bond donors (Lipinski definition) is 1. The summed E-state index contributed by atoms with van der Waals surface area (Å²) >= 11 is 0. The van der Waals surface area contributed by atoms with Gasteiger partial charge in [0.05, 0.1) is 23.5 Å². The van der Waals surface area contributed by atoms with Gasteiger partial charge in [0.2, 0.25) is 0 Å². The molecule has 1 unspecified atom stereocenters. The van der Waals surface area contributed by atoms with Gasteiger partial charge in [-0.1, -0.05) is 5.21 Å². The van der Waals surface area contributed by atoms with Crippen molar-refractivity contribution in [1.82, 2.24) is 15.0 Å². The zero-order valence-corrected chi connectivity index (χ0v) is 9.04. The summed E-state index contributed by atoms with van der Waals surface area (Å²) in [4.78, 5) is 10.9. The van der Waals surface area contributed by atoms with Crippen LogP contribution in [0.25, 0.3) is 5.69 Å². The van der Waals surface area contributed by atoms with E-state index in [1.54, 1.807) is 6.92 Å². The van der Waals surface area contributed by atoms with Gasteiger partial charge in [-0.05, 0) is 31.2 Å². The summed E-state index contributed by atoms with van der Waals surface area (Å²) in [6.07, 6.45) is 1.39. The van der Waals surface area contributed by atoms with E-state index in [4.69, 9.17) is 5.11 Å². The molecule has 0 amide bonds. The summed E-state index contributed by atoms with van der Waals surface area (Å²) in [6, 6.07) is 5.60. The molecular weight excluding hydrogens is 225 g/mol. The van der Waals surface area contributed by atoms with E-state index in [0.29, 0.717) is 11.4 Å². The molecule has 1 N–H and O–H groups in total. The summed E-state index contributed by atoms with van der Waals surface area (Å²) in [5.41, 5.74) is 1.02. The molecule has 0 aliphatic carbocycles. The maximum atomic E-state index is 12.8. The van der Waals surface area contributed by atoms with Gasteiger partial charge in [-0.3, -0.25) is 4.79 Å². The SMILES string of the molecule is CC(C(=O)O)c1cnnn1-c1ccc(F)cc1. The molecule has 1 aromatic carbocycles. The highest BCUT2D eigenvalue weighted by Crippen LogP contribution is 2.18. The lowest BCUT2D eigenvalue weighted by atomic mass is 10.1. The third-order valence-corrected chi connectivity index (χ3v) is 2.46. The van der Waals surface area contributed by atoms with Gasteiger partial charge in [-0.25, -0.2) is 9.07 Å². The number of hydrogen-bond acceptors (Lipinski definition) is 3. The Balaban J connectivity index is 2.43. The van der Waals surface area contributed by atoms with Crippen LogP contribution in [0.1, 0.15) is 18.5 Å². The van der Waals surface area contributed by atoms with Crippen LogP contribution >= 0.6 is 0 Å². The van der Waals surface area contributed by atoms with Crippen LogP contribution < -0.4 is 0 Å². The highest BCUT2D eigenvalue weighted by atomic mass is 19.1. The summed E-state index contributed by atoms with van der Waals surface area (Å²) in [7, 11) is 0. The number of aromatic nitrogens is 3. The Morgan fingerprint density at radius 3 is 2.65 bits per heavy atom. The number of carboxylic acid groups (broad SMARTS) is 1. The summed E-state index contributed by atoms with van der Waals surface area (Å²) in [5.74, 6) is -2.05. The van der Waals surface area contributed by atoms with Gasteiger partial charge in [-0.15, -0.1) is 5.10 Å². The molecule has 1 atom stereocenters. The summed E-state index contributed by atoms with van der Waals surface area (Å²) in [5, 5.41) is 16.4. The first-order valence-corrected chi connectivity index (χ1v) is 4.99. The Kier molecular flexibility index (Phi) is 2.86. The number of aliphatic carboxylic acids is 1. The first-order valence-electron chi connectivity index (χ1n) is 4.99. The lowest BCUT2D eigenvalue weighted by Gasteiger charge is -2.08. The van der Waals surface area contributed by atoms with Crippen LogP contribution in [0.3, 0.4) is 0 Å². The van der Waals surface area contributed by atoms with Crippen LogP contribution in [0.4, 0.5) is 4.39 Å². The number of rotatable bonds is 3. The lowest BCUT2D eigenvalue weighted by Crippen LogP contribution is -2.13. The molecule has 6 heteroatoms. The topological polar surface area (TPSA) is 68.0 Å². The maximum absolute atomic E-state index is 12.8. The Morgan fingerprint density at radius 1 is 1.41 bits per heavy atom. The van der Waals surface area contributed by atoms with Gasteiger partial charge in [-0.2, -0.15) is 0 Å². The highest BCUT2D eigenvalue weighted by molar-refractivity contribution is 5.75. The number of nitrogens with zero attached hydrogens (tertiary/aromatic N) is 3. The van der Waals surface area contributed by atoms with Crippen LogP contribution in [0.15, 0.2) is 30.5 Å². The zero-order chi connectivity index (χ0) is 12.4. The molecule has 1 heterocycles. The van der Waals surface area contributed by atoms with Crippen LogP contribution in [0, 0.1) is 5.82 Å². The maximum Gasteiger partial charge on any atom is 0.312 e. The second-order valence-corrected chi connectivity index (χ2v) is 3.61. The van der Waals surface area contributed by atoms with Gasteiger partial charge in [0, 0.05) is 0 Å². The molecule has 2 aromatic rings. The molecule has 17 heavy (non-hydrogen) atoms. The molecule has 5 nitrogen and oxygen atoms in total. The molecule has 0 radical (unpaired) electrons. The number of carbonyl (C=O) groups is 1. The molecule has 2 rings (SSSR count). The first-order chi connectivity index (χ1) is 8.09. The second-order valence-electron chi connectivity index (χ2n) is 3.61. The average Bonchev–Trinajstić information content (AvgIpc) is 2.77. The number of halogens is 1. The third-order valence-electron chi connectivity index (χ3n) is 2.46. The van der Waals surface area contributed by atoms with Crippen molar-refractivity contribution >= 4 is 5.97 Å². The van der Waals surface area contributed by atoms with E-state index in [-0.39, 0.29) is 5.82 Å². The molecule has 0 fully saturated rings. The average molecular weight is 235 g/mol. The lowest BCUT2D eigenvalue weighted by molar-refractivity contribution is -0.138. The zero-order valence-electron chi connectivity index (χ0n) is 9.04. The molecule has 0 aliphatic rings. The van der Waals surface area contributed by atoms with Crippen LogP contribution in [0.5, 0.6) is 0 Å². The normalized spacial score (nSPS) is 12.4. The highest BCUT2D eigenvalue weighted by Gasteiger charge is 2.19. The predicted octanol–water partition coefficient (Wildman–Crippen LogP) is 1.59. The van der Waals surface area contributed by atoms with Gasteiger partial charge in [0.1, 0.15) is 5.82 Å². The van der Waals surface area contributed by atoms with Crippen molar-refractivity contribution < 1.29 is 14.3 Å². The second kappa shape index (κ2) is 4.32. The monoisotopic (exact) mass is 235 g/mol. The standard InChI is InChI=1S/C11H10FN3O2/c1-7(11(16)17)10-6-13-14-15(10)9-4-2-8(12)3-5-9/h2-7H,1H3,(H,16,17). The van der Waals surface area contributed by atoms with Gasteiger partial charge in [0.15, 0.2) is 0 Å². The molecule has 0 bridgehead atoms. The van der Waals surface area contributed by atoms with E-state index in [1.165, 1.54) is 35.1 Å². The smallest absolute Gasteiger partial charge is 0.312 e. The molecule has 1 aromatic heterocycles. The van der Waals surface area contributed by atoms with Crippen LogP contribution in [-0.4, -0.2) is 26.1 Å². The molecule has 0 spiro atoms. The third kappa shape index (κ3) is 2.15. The Hall–Kier alpha value is -2.24. The van der Waals surface area contributed by atoms with E-state index >= 15 is 0 Å². The van der Waals surface area contributed by atoms with Gasteiger partial charge >= 0.3 is 5.97 Å². The van der Waals surface area contributed by atoms with Crippen molar-refractivity contribution in [2.24, 2.45) is 0 Å². The molecular formula is C11H10FN3O2. The van der Waals surface area contributed by atoms with E-state index in [0.717, 1.165) is 0 Å². The van der Waals surface area contributed by atoms with Crippen LogP contribution in [0.2, 0.25) is 0 Å². The van der Waals surface area contributed by atoms with Gasteiger partial charge < -0.3 is 5.11 Å². The molecule has 0 aliphatic heterocycles. The number of carboxylic acids is 1. The van der Waals surface area contributed by atoms with E-state index in [2.05, 4.69) is 10.3 Å². The minimum atomic E-state index is -0.962. The van der Waals surface area contributed by atoms with Crippen molar-refractivity contribution in [3.05, 3.63) is 42.0 Å². The Labute approximate surface area is 96.5 Å². The van der Waals surface area contributed by atoms with Crippen LogP contribution in [-0.2, 0) is 4.79 Å². The first kappa shape index (κ1) is 11.3. The quantitative estimate of drug-likeness (QED) is 0.877. The van der Waals surface area contributed by atoms with E-state index < -0.39 is 11.9 Å². The molecule has 0 saturated heterocycles. The summed E-state index contributed by atoms with van der Waals surface area (Å²) in [6.45, 7) is 1.54. The Bertz CT molecular complexity index is 536. The fourth-order valence-corrected chi connectivity index (χ4v) is 1.45. The molecule has 88 valence electrons. The molecule has 0 saturated carbocycles. The van der Waals surface area contributed by atoms with Crippen molar-refractivity contribution in [1.29, 1.82) is 0 Å². The van der Waals surface area contributed by atoms with Crippen molar-refractivity contribution in [2.45, 2.75) is 12.8 Å².